The van der Waals surface area contributed by atoms with E-state index in [9.17, 15) is 4.79 Å². The van der Waals surface area contributed by atoms with Crippen LogP contribution in [0.3, 0.4) is 0 Å². The standard InChI is InChI=1S/C9H13NO3/c1-10-5-8(11)9-4-3-7(13-9)6-12-2/h3-4,10H,5-6H2,1-2H3. The number of rotatable bonds is 5. The molecule has 0 saturated heterocycles. The number of methoxy groups -OCH3 is 1. The first-order chi connectivity index (χ1) is 6.27. The summed E-state index contributed by atoms with van der Waals surface area (Å²) in [6.45, 7) is 0.687. The van der Waals surface area contributed by atoms with Crippen LogP contribution in [0.1, 0.15) is 16.3 Å². The summed E-state index contributed by atoms with van der Waals surface area (Å²) in [5, 5.41) is 2.77. The number of Topliss-reactive ketones (excluding diaryl/α,β-unsaturated/α-hetero) is 1. The zero-order chi connectivity index (χ0) is 9.68. The molecule has 4 nitrogen and oxygen atoms in total. The van der Waals surface area contributed by atoms with Crippen LogP contribution in [-0.2, 0) is 11.3 Å². The Balaban J connectivity index is 2.62. The van der Waals surface area contributed by atoms with E-state index in [0.717, 1.165) is 0 Å². The third-order valence-electron chi connectivity index (χ3n) is 1.56. The van der Waals surface area contributed by atoms with Crippen molar-refractivity contribution >= 4 is 5.78 Å². The fraction of sp³-hybridized carbons (Fsp3) is 0.444. The minimum atomic E-state index is -0.0511. The van der Waals surface area contributed by atoms with Crippen molar-refractivity contribution < 1.29 is 13.9 Å². The molecule has 4 heteroatoms. The monoisotopic (exact) mass is 183 g/mol. The molecule has 1 N–H and O–H groups in total. The number of ether oxygens (including phenoxy) is 1. The fourth-order valence-corrected chi connectivity index (χ4v) is 0.995. The molecule has 1 heterocycles. The molecule has 0 aliphatic heterocycles. The van der Waals surface area contributed by atoms with Gasteiger partial charge < -0.3 is 14.5 Å². The molecule has 0 radical (unpaired) electrons. The number of nitrogens with one attached hydrogen (secondary N) is 1. The van der Waals surface area contributed by atoms with Crippen molar-refractivity contribution in [3.63, 3.8) is 0 Å². The van der Waals surface area contributed by atoms with E-state index in [1.165, 1.54) is 0 Å². The lowest BCUT2D eigenvalue weighted by Crippen LogP contribution is -2.17. The van der Waals surface area contributed by atoms with Crippen molar-refractivity contribution in [3.05, 3.63) is 23.7 Å². The fourth-order valence-electron chi connectivity index (χ4n) is 0.995. The molecule has 0 spiro atoms. The molecule has 0 unspecified atom stereocenters. The highest BCUT2D eigenvalue weighted by Gasteiger charge is 2.09. The summed E-state index contributed by atoms with van der Waals surface area (Å²) < 4.78 is 10.1. The van der Waals surface area contributed by atoms with Crippen LogP contribution < -0.4 is 5.32 Å². The van der Waals surface area contributed by atoms with Crippen molar-refractivity contribution in [2.24, 2.45) is 0 Å². The minimum absolute atomic E-state index is 0.0511. The molecule has 13 heavy (non-hydrogen) atoms. The predicted molar refractivity (Wildman–Crippen MR) is 47.7 cm³/mol. The lowest BCUT2D eigenvalue weighted by molar-refractivity contribution is 0.0958. The van der Waals surface area contributed by atoms with Gasteiger partial charge in [0.05, 0.1) is 6.54 Å². The van der Waals surface area contributed by atoms with Gasteiger partial charge in [-0.3, -0.25) is 4.79 Å². The van der Waals surface area contributed by atoms with Gasteiger partial charge in [-0.05, 0) is 19.2 Å². The van der Waals surface area contributed by atoms with Crippen LogP contribution in [0.4, 0.5) is 0 Å². The number of hydrogen-bond donors (Lipinski definition) is 1. The van der Waals surface area contributed by atoms with Crippen LogP contribution in [0.25, 0.3) is 0 Å². The van der Waals surface area contributed by atoms with Crippen molar-refractivity contribution in [1.29, 1.82) is 0 Å². The third kappa shape index (κ3) is 2.68. The first-order valence-electron chi connectivity index (χ1n) is 4.03. The van der Waals surface area contributed by atoms with E-state index in [1.807, 2.05) is 0 Å². The summed E-state index contributed by atoms with van der Waals surface area (Å²) >= 11 is 0. The van der Waals surface area contributed by atoms with E-state index in [4.69, 9.17) is 9.15 Å². The molecule has 72 valence electrons. The lowest BCUT2D eigenvalue weighted by atomic mass is 10.3. The Bertz CT molecular complexity index is 280. The molecule has 0 amide bonds. The summed E-state index contributed by atoms with van der Waals surface area (Å²) in [6, 6.07) is 3.40. The number of likely N-dealkylation sites (N-methyl/N-ethyl adjacent to an activating group) is 1. The average molecular weight is 183 g/mol. The van der Waals surface area contributed by atoms with Crippen molar-refractivity contribution in [1.82, 2.24) is 5.32 Å². The Morgan fingerprint density at radius 3 is 3.00 bits per heavy atom. The van der Waals surface area contributed by atoms with Gasteiger partial charge in [-0.2, -0.15) is 0 Å². The number of carbonyl (C=O) groups excluding carboxylic acids is 1. The van der Waals surface area contributed by atoms with E-state index in [1.54, 1.807) is 26.3 Å². The second-order valence-corrected chi connectivity index (χ2v) is 2.65. The first-order valence-corrected chi connectivity index (χ1v) is 4.03. The van der Waals surface area contributed by atoms with Gasteiger partial charge >= 0.3 is 0 Å². The topological polar surface area (TPSA) is 51.5 Å². The van der Waals surface area contributed by atoms with Gasteiger partial charge in [0.1, 0.15) is 12.4 Å². The van der Waals surface area contributed by atoms with Crippen LogP contribution in [0.2, 0.25) is 0 Å². The van der Waals surface area contributed by atoms with Crippen LogP contribution >= 0.6 is 0 Å². The zero-order valence-corrected chi connectivity index (χ0v) is 7.79. The Hall–Kier alpha value is -1.13. The van der Waals surface area contributed by atoms with Gasteiger partial charge in [-0.1, -0.05) is 0 Å². The maximum Gasteiger partial charge on any atom is 0.211 e. The molecular weight excluding hydrogens is 170 g/mol. The zero-order valence-electron chi connectivity index (χ0n) is 7.79. The number of furan rings is 1. The molecule has 0 aromatic carbocycles. The summed E-state index contributed by atoms with van der Waals surface area (Å²) in [7, 11) is 3.30. The van der Waals surface area contributed by atoms with E-state index in [0.29, 0.717) is 24.7 Å². The quantitative estimate of drug-likeness (QED) is 0.687. The van der Waals surface area contributed by atoms with Crippen LogP contribution in [0.15, 0.2) is 16.5 Å². The van der Waals surface area contributed by atoms with Crippen molar-refractivity contribution in [2.45, 2.75) is 6.61 Å². The Morgan fingerprint density at radius 1 is 1.62 bits per heavy atom. The van der Waals surface area contributed by atoms with E-state index in [-0.39, 0.29) is 5.78 Å². The Morgan fingerprint density at radius 2 is 2.38 bits per heavy atom. The van der Waals surface area contributed by atoms with Crippen molar-refractivity contribution in [2.75, 3.05) is 20.7 Å². The Labute approximate surface area is 76.9 Å². The SMILES string of the molecule is CNCC(=O)c1ccc(COC)o1. The molecule has 0 aliphatic rings. The van der Waals surface area contributed by atoms with Crippen LogP contribution in [0.5, 0.6) is 0 Å². The summed E-state index contributed by atoms with van der Waals surface area (Å²) in [6.07, 6.45) is 0. The molecule has 1 rings (SSSR count). The highest BCUT2D eigenvalue weighted by molar-refractivity contribution is 5.95. The molecule has 0 atom stereocenters. The normalized spacial score (nSPS) is 10.3. The molecule has 0 aliphatic carbocycles. The van der Waals surface area contributed by atoms with Gasteiger partial charge in [0.15, 0.2) is 5.76 Å². The summed E-state index contributed by atoms with van der Waals surface area (Å²) in [4.78, 5) is 11.3. The summed E-state index contributed by atoms with van der Waals surface area (Å²) in [5.41, 5.74) is 0. The molecule has 1 aromatic rings. The van der Waals surface area contributed by atoms with Gasteiger partial charge in [0.25, 0.3) is 0 Å². The number of ketones is 1. The van der Waals surface area contributed by atoms with Gasteiger partial charge in [0, 0.05) is 7.11 Å². The van der Waals surface area contributed by atoms with Crippen LogP contribution in [0, 0.1) is 0 Å². The summed E-state index contributed by atoms with van der Waals surface area (Å²) in [5.74, 6) is 0.994. The smallest absolute Gasteiger partial charge is 0.211 e. The maximum absolute atomic E-state index is 11.3. The largest absolute Gasteiger partial charge is 0.455 e. The molecule has 0 saturated carbocycles. The van der Waals surface area contributed by atoms with E-state index < -0.39 is 0 Å². The maximum atomic E-state index is 11.3. The number of carbonyl (C=O) groups is 1. The predicted octanol–water partition coefficient (Wildman–Crippen LogP) is 0.828. The molecule has 0 bridgehead atoms. The van der Waals surface area contributed by atoms with E-state index >= 15 is 0 Å². The lowest BCUT2D eigenvalue weighted by Gasteiger charge is -1.95. The number of hydrogen-bond acceptors (Lipinski definition) is 4. The first kappa shape index (κ1) is 9.95. The molecule has 1 aromatic heterocycles. The van der Waals surface area contributed by atoms with E-state index in [2.05, 4.69) is 5.32 Å². The Kier molecular flexibility index (Phi) is 3.67. The average Bonchev–Trinajstić information content (AvgIpc) is 2.54. The van der Waals surface area contributed by atoms with Crippen molar-refractivity contribution in [3.8, 4) is 0 Å². The van der Waals surface area contributed by atoms with Gasteiger partial charge in [-0.15, -0.1) is 0 Å². The highest BCUT2D eigenvalue weighted by Crippen LogP contribution is 2.08. The van der Waals surface area contributed by atoms with Gasteiger partial charge in [-0.25, -0.2) is 0 Å². The molecular formula is C9H13NO3. The van der Waals surface area contributed by atoms with Gasteiger partial charge in [0.2, 0.25) is 5.78 Å². The second-order valence-electron chi connectivity index (χ2n) is 2.65. The highest BCUT2D eigenvalue weighted by atomic mass is 16.5. The van der Waals surface area contributed by atoms with Crippen LogP contribution in [-0.4, -0.2) is 26.5 Å². The minimum Gasteiger partial charge on any atom is -0.455 e. The molecule has 0 fully saturated rings. The third-order valence-corrected chi connectivity index (χ3v) is 1.56. The second kappa shape index (κ2) is 4.79.